The molecule has 104 valence electrons. The molecule has 0 aliphatic heterocycles. The highest BCUT2D eigenvalue weighted by Crippen LogP contribution is 2.18. The van der Waals surface area contributed by atoms with Crippen molar-refractivity contribution in [3.63, 3.8) is 0 Å². The van der Waals surface area contributed by atoms with E-state index >= 15 is 0 Å². The first-order valence-electron chi connectivity index (χ1n) is 6.12. The van der Waals surface area contributed by atoms with Crippen molar-refractivity contribution in [1.82, 2.24) is 4.98 Å². The molecule has 0 aliphatic carbocycles. The summed E-state index contributed by atoms with van der Waals surface area (Å²) < 4.78 is 5.11. The molecule has 0 radical (unpaired) electrons. The van der Waals surface area contributed by atoms with Crippen LogP contribution < -0.4 is 5.32 Å². The van der Waals surface area contributed by atoms with E-state index in [1.165, 1.54) is 0 Å². The maximum atomic E-state index is 12.2. The van der Waals surface area contributed by atoms with Gasteiger partial charge in [0.15, 0.2) is 0 Å². The normalized spacial score (nSPS) is 10.3. The van der Waals surface area contributed by atoms with E-state index in [1.807, 2.05) is 24.3 Å². The topological polar surface area (TPSA) is 51.2 Å². The summed E-state index contributed by atoms with van der Waals surface area (Å²) in [4.78, 5) is 16.3. The van der Waals surface area contributed by atoms with E-state index in [1.54, 1.807) is 26.2 Å². The monoisotopic (exact) mass is 290 g/mol. The third-order valence-corrected chi connectivity index (χ3v) is 2.94. The Hall–Kier alpha value is -1.91. The quantitative estimate of drug-likeness (QED) is 0.878. The predicted octanol–water partition coefficient (Wildman–Crippen LogP) is 3.44. The lowest BCUT2D eigenvalue weighted by atomic mass is 10.1. The zero-order valence-corrected chi connectivity index (χ0v) is 12.1. The van der Waals surface area contributed by atoms with Crippen molar-refractivity contribution in [1.29, 1.82) is 0 Å². The molecule has 5 heteroatoms. The molecule has 1 aromatic carbocycles. The largest absolute Gasteiger partial charge is 0.380 e. The number of halogens is 1. The second-order valence-corrected chi connectivity index (χ2v) is 4.75. The van der Waals surface area contributed by atoms with Crippen LogP contribution in [0.25, 0.3) is 0 Å². The Morgan fingerprint density at radius 2 is 2.10 bits per heavy atom. The minimum Gasteiger partial charge on any atom is -0.380 e. The number of amides is 1. The standard InChI is InChI=1S/C15H15ClN2O2/c1-10-7-12(8-14(16)17-10)15(19)18-13-6-4-3-5-11(13)9-20-2/h3-8H,9H2,1-2H3,(H,18,19). The average Bonchev–Trinajstić information content (AvgIpc) is 2.40. The minimum absolute atomic E-state index is 0.221. The lowest BCUT2D eigenvalue weighted by molar-refractivity contribution is 0.102. The smallest absolute Gasteiger partial charge is 0.255 e. The van der Waals surface area contributed by atoms with E-state index in [4.69, 9.17) is 16.3 Å². The molecule has 0 saturated heterocycles. The van der Waals surface area contributed by atoms with Crippen LogP contribution in [0.2, 0.25) is 5.15 Å². The van der Waals surface area contributed by atoms with Gasteiger partial charge in [-0.2, -0.15) is 0 Å². The maximum absolute atomic E-state index is 12.2. The molecule has 2 rings (SSSR count). The number of rotatable bonds is 4. The summed E-state index contributed by atoms with van der Waals surface area (Å²) in [6, 6.07) is 10.7. The van der Waals surface area contributed by atoms with Crippen molar-refractivity contribution in [2.75, 3.05) is 12.4 Å². The maximum Gasteiger partial charge on any atom is 0.255 e. The van der Waals surface area contributed by atoms with Gasteiger partial charge in [0.25, 0.3) is 5.91 Å². The van der Waals surface area contributed by atoms with E-state index in [0.717, 1.165) is 11.3 Å². The number of aryl methyl sites for hydroxylation is 1. The molecular formula is C15H15ClN2O2. The van der Waals surface area contributed by atoms with E-state index < -0.39 is 0 Å². The highest BCUT2D eigenvalue weighted by atomic mass is 35.5. The number of aromatic nitrogens is 1. The Kier molecular flexibility index (Phi) is 4.71. The first-order valence-corrected chi connectivity index (χ1v) is 6.50. The molecule has 1 aromatic heterocycles. The molecular weight excluding hydrogens is 276 g/mol. The van der Waals surface area contributed by atoms with Gasteiger partial charge in [0.05, 0.1) is 6.61 Å². The SMILES string of the molecule is COCc1ccccc1NC(=O)c1cc(C)nc(Cl)c1. The summed E-state index contributed by atoms with van der Waals surface area (Å²) >= 11 is 5.87. The summed E-state index contributed by atoms with van der Waals surface area (Å²) in [6.45, 7) is 2.23. The van der Waals surface area contributed by atoms with Gasteiger partial charge in [-0.25, -0.2) is 4.98 Å². The molecule has 0 saturated carbocycles. The third-order valence-electron chi connectivity index (χ3n) is 2.75. The van der Waals surface area contributed by atoms with Gasteiger partial charge in [-0.1, -0.05) is 29.8 Å². The van der Waals surface area contributed by atoms with Crippen LogP contribution in [-0.4, -0.2) is 18.0 Å². The van der Waals surface area contributed by atoms with Crippen LogP contribution in [0, 0.1) is 6.92 Å². The first-order chi connectivity index (χ1) is 9.60. The van der Waals surface area contributed by atoms with Gasteiger partial charge >= 0.3 is 0 Å². The van der Waals surface area contributed by atoms with Crippen LogP contribution in [0.5, 0.6) is 0 Å². The van der Waals surface area contributed by atoms with Gasteiger partial charge in [0.1, 0.15) is 5.15 Å². The van der Waals surface area contributed by atoms with Crippen LogP contribution in [-0.2, 0) is 11.3 Å². The molecule has 1 heterocycles. The van der Waals surface area contributed by atoms with Crippen molar-refractivity contribution in [2.45, 2.75) is 13.5 Å². The van der Waals surface area contributed by atoms with Gasteiger partial charge in [-0.3, -0.25) is 4.79 Å². The minimum atomic E-state index is -0.221. The number of anilines is 1. The summed E-state index contributed by atoms with van der Waals surface area (Å²) in [6.07, 6.45) is 0. The summed E-state index contributed by atoms with van der Waals surface area (Å²) in [7, 11) is 1.62. The molecule has 1 amide bonds. The molecule has 4 nitrogen and oxygen atoms in total. The number of carbonyl (C=O) groups excluding carboxylic acids is 1. The first kappa shape index (κ1) is 14.5. The van der Waals surface area contributed by atoms with Crippen molar-refractivity contribution in [3.8, 4) is 0 Å². The number of nitrogens with one attached hydrogen (secondary N) is 1. The number of methoxy groups -OCH3 is 1. The molecule has 1 N–H and O–H groups in total. The predicted molar refractivity (Wildman–Crippen MR) is 79.1 cm³/mol. The Balaban J connectivity index is 2.23. The molecule has 0 fully saturated rings. The van der Waals surface area contributed by atoms with Crippen LogP contribution in [0.15, 0.2) is 36.4 Å². The van der Waals surface area contributed by atoms with Gasteiger partial charge in [0, 0.05) is 29.6 Å². The Bertz CT molecular complexity index is 609. The second kappa shape index (κ2) is 6.50. The average molecular weight is 291 g/mol. The van der Waals surface area contributed by atoms with Crippen LogP contribution in [0.1, 0.15) is 21.6 Å². The van der Waals surface area contributed by atoms with Gasteiger partial charge in [-0.05, 0) is 25.1 Å². The molecule has 0 spiro atoms. The summed E-state index contributed by atoms with van der Waals surface area (Å²) in [5, 5.41) is 3.17. The molecule has 0 aliphatic rings. The number of hydrogen-bond donors (Lipinski definition) is 1. The molecule has 20 heavy (non-hydrogen) atoms. The zero-order valence-electron chi connectivity index (χ0n) is 11.3. The number of ether oxygens (including phenoxy) is 1. The molecule has 0 bridgehead atoms. The Labute approximate surface area is 122 Å². The second-order valence-electron chi connectivity index (χ2n) is 4.36. The van der Waals surface area contributed by atoms with E-state index in [0.29, 0.717) is 23.0 Å². The summed E-state index contributed by atoms with van der Waals surface area (Å²) in [5.41, 5.74) is 2.83. The van der Waals surface area contributed by atoms with E-state index in [-0.39, 0.29) is 5.91 Å². The van der Waals surface area contributed by atoms with Crippen LogP contribution in [0.4, 0.5) is 5.69 Å². The van der Waals surface area contributed by atoms with E-state index in [2.05, 4.69) is 10.3 Å². The fourth-order valence-electron chi connectivity index (χ4n) is 1.88. The van der Waals surface area contributed by atoms with Gasteiger partial charge in [0.2, 0.25) is 0 Å². The number of pyridine rings is 1. The lowest BCUT2D eigenvalue weighted by Crippen LogP contribution is -2.14. The number of para-hydroxylation sites is 1. The zero-order chi connectivity index (χ0) is 14.5. The molecule has 0 atom stereocenters. The fraction of sp³-hybridized carbons (Fsp3) is 0.200. The van der Waals surface area contributed by atoms with Crippen molar-refractivity contribution < 1.29 is 9.53 Å². The van der Waals surface area contributed by atoms with Crippen LogP contribution in [0.3, 0.4) is 0 Å². The summed E-state index contributed by atoms with van der Waals surface area (Å²) in [5.74, 6) is -0.221. The number of carbonyl (C=O) groups is 1. The lowest BCUT2D eigenvalue weighted by Gasteiger charge is -2.10. The van der Waals surface area contributed by atoms with Gasteiger partial charge < -0.3 is 10.1 Å². The Morgan fingerprint density at radius 1 is 1.35 bits per heavy atom. The van der Waals surface area contributed by atoms with E-state index in [9.17, 15) is 4.79 Å². The van der Waals surface area contributed by atoms with Gasteiger partial charge in [-0.15, -0.1) is 0 Å². The third kappa shape index (κ3) is 3.56. The number of hydrogen-bond acceptors (Lipinski definition) is 3. The molecule has 0 unspecified atom stereocenters. The Morgan fingerprint density at radius 3 is 2.80 bits per heavy atom. The van der Waals surface area contributed by atoms with Crippen molar-refractivity contribution in [2.24, 2.45) is 0 Å². The highest BCUT2D eigenvalue weighted by Gasteiger charge is 2.10. The fourth-order valence-corrected chi connectivity index (χ4v) is 2.13. The highest BCUT2D eigenvalue weighted by molar-refractivity contribution is 6.29. The van der Waals surface area contributed by atoms with Crippen LogP contribution >= 0.6 is 11.6 Å². The number of benzene rings is 1. The van der Waals surface area contributed by atoms with Crippen molar-refractivity contribution >= 4 is 23.2 Å². The number of nitrogens with zero attached hydrogens (tertiary/aromatic N) is 1. The molecule has 2 aromatic rings. The van der Waals surface area contributed by atoms with Crippen molar-refractivity contribution in [3.05, 3.63) is 58.4 Å².